The summed E-state index contributed by atoms with van der Waals surface area (Å²) in [7, 11) is 1.80. The van der Waals surface area contributed by atoms with E-state index in [-0.39, 0.29) is 0 Å². The highest BCUT2D eigenvalue weighted by atomic mass is 16.4. The number of fused-ring (bicyclic) bond motifs is 1. The van der Waals surface area contributed by atoms with Gasteiger partial charge in [-0.05, 0) is 30.7 Å². The molecule has 0 aliphatic carbocycles. The average Bonchev–Trinajstić information content (AvgIpc) is 2.79. The highest BCUT2D eigenvalue weighted by molar-refractivity contribution is 5.87. The fraction of sp³-hybridized carbons (Fsp3) is 0.188. The SMILES string of the molecule is CNc1nc(C)c(-c2ccc3cc(C)ccc3c2)o1. The van der Waals surface area contributed by atoms with Gasteiger partial charge < -0.3 is 9.73 Å². The molecular weight excluding hydrogens is 236 g/mol. The molecule has 0 fully saturated rings. The van der Waals surface area contributed by atoms with Gasteiger partial charge in [-0.15, -0.1) is 0 Å². The van der Waals surface area contributed by atoms with Crippen molar-refractivity contribution in [2.75, 3.05) is 12.4 Å². The van der Waals surface area contributed by atoms with E-state index in [4.69, 9.17) is 4.42 Å². The van der Waals surface area contributed by atoms with Gasteiger partial charge in [-0.25, -0.2) is 0 Å². The second kappa shape index (κ2) is 4.43. The van der Waals surface area contributed by atoms with Crippen LogP contribution in [0.5, 0.6) is 0 Å². The molecule has 3 heteroatoms. The standard InChI is InChI=1S/C16H16N2O/c1-10-4-5-13-9-14(7-6-12(13)8-10)15-11(2)18-16(17-3)19-15/h4-9H,1-3H3,(H,17,18). The van der Waals surface area contributed by atoms with Gasteiger partial charge in [-0.2, -0.15) is 4.98 Å². The van der Waals surface area contributed by atoms with Crippen LogP contribution in [0.25, 0.3) is 22.1 Å². The Bertz CT molecular complexity index is 744. The van der Waals surface area contributed by atoms with Gasteiger partial charge in [0, 0.05) is 12.6 Å². The molecule has 3 rings (SSSR count). The zero-order chi connectivity index (χ0) is 13.4. The van der Waals surface area contributed by atoms with Crippen molar-refractivity contribution in [2.24, 2.45) is 0 Å². The highest BCUT2D eigenvalue weighted by Crippen LogP contribution is 2.29. The summed E-state index contributed by atoms with van der Waals surface area (Å²) >= 11 is 0. The maximum Gasteiger partial charge on any atom is 0.295 e. The fourth-order valence-electron chi connectivity index (χ4n) is 2.28. The molecule has 1 heterocycles. The van der Waals surface area contributed by atoms with E-state index < -0.39 is 0 Å². The lowest BCUT2D eigenvalue weighted by atomic mass is 10.0. The van der Waals surface area contributed by atoms with E-state index in [1.54, 1.807) is 7.05 Å². The molecule has 0 unspecified atom stereocenters. The van der Waals surface area contributed by atoms with E-state index in [2.05, 4.69) is 53.6 Å². The van der Waals surface area contributed by atoms with Crippen LogP contribution in [0.4, 0.5) is 6.01 Å². The largest absolute Gasteiger partial charge is 0.423 e. The number of aryl methyl sites for hydroxylation is 2. The summed E-state index contributed by atoms with van der Waals surface area (Å²) in [4.78, 5) is 4.32. The molecule has 0 spiro atoms. The van der Waals surface area contributed by atoms with Crippen molar-refractivity contribution >= 4 is 16.8 Å². The Morgan fingerprint density at radius 2 is 1.74 bits per heavy atom. The van der Waals surface area contributed by atoms with Gasteiger partial charge in [-0.1, -0.05) is 35.9 Å². The van der Waals surface area contributed by atoms with Crippen molar-refractivity contribution in [1.82, 2.24) is 4.98 Å². The first kappa shape index (κ1) is 11.8. The molecule has 0 aliphatic rings. The number of anilines is 1. The van der Waals surface area contributed by atoms with Crippen molar-refractivity contribution in [3.05, 3.63) is 47.7 Å². The van der Waals surface area contributed by atoms with E-state index in [0.717, 1.165) is 17.0 Å². The first-order valence-electron chi connectivity index (χ1n) is 6.33. The Hall–Kier alpha value is -2.29. The van der Waals surface area contributed by atoms with E-state index in [9.17, 15) is 0 Å². The number of benzene rings is 2. The van der Waals surface area contributed by atoms with Gasteiger partial charge in [0.15, 0.2) is 5.76 Å². The molecule has 0 bridgehead atoms. The molecule has 0 amide bonds. The van der Waals surface area contributed by atoms with Gasteiger partial charge in [-0.3, -0.25) is 0 Å². The second-order valence-corrected chi connectivity index (χ2v) is 4.75. The van der Waals surface area contributed by atoms with Gasteiger partial charge >= 0.3 is 0 Å². The summed E-state index contributed by atoms with van der Waals surface area (Å²) in [5.74, 6) is 0.826. The molecule has 1 N–H and O–H groups in total. The Morgan fingerprint density at radius 1 is 1.00 bits per heavy atom. The number of oxazole rings is 1. The summed E-state index contributed by atoms with van der Waals surface area (Å²) in [6.45, 7) is 4.06. The summed E-state index contributed by atoms with van der Waals surface area (Å²) < 4.78 is 5.70. The van der Waals surface area contributed by atoms with Gasteiger partial charge in [0.25, 0.3) is 6.01 Å². The van der Waals surface area contributed by atoms with Crippen molar-refractivity contribution in [3.8, 4) is 11.3 Å². The number of hydrogen-bond donors (Lipinski definition) is 1. The van der Waals surface area contributed by atoms with Crippen LogP contribution < -0.4 is 5.32 Å². The highest BCUT2D eigenvalue weighted by Gasteiger charge is 2.11. The smallest absolute Gasteiger partial charge is 0.295 e. The monoisotopic (exact) mass is 252 g/mol. The Kier molecular flexibility index (Phi) is 2.75. The van der Waals surface area contributed by atoms with Crippen molar-refractivity contribution in [3.63, 3.8) is 0 Å². The number of nitrogens with one attached hydrogen (secondary N) is 1. The summed E-state index contributed by atoms with van der Waals surface area (Å²) in [6.07, 6.45) is 0. The predicted molar refractivity (Wildman–Crippen MR) is 78.5 cm³/mol. The lowest BCUT2D eigenvalue weighted by Crippen LogP contribution is -1.85. The number of aromatic nitrogens is 1. The van der Waals surface area contributed by atoms with Crippen molar-refractivity contribution < 1.29 is 4.42 Å². The minimum atomic E-state index is 0.552. The Morgan fingerprint density at radius 3 is 2.47 bits per heavy atom. The minimum Gasteiger partial charge on any atom is -0.423 e. The Balaban J connectivity index is 2.14. The van der Waals surface area contributed by atoms with E-state index in [1.165, 1.54) is 16.3 Å². The van der Waals surface area contributed by atoms with Gasteiger partial charge in [0.1, 0.15) is 0 Å². The molecule has 3 nitrogen and oxygen atoms in total. The van der Waals surface area contributed by atoms with Crippen molar-refractivity contribution in [2.45, 2.75) is 13.8 Å². The third kappa shape index (κ3) is 2.08. The predicted octanol–water partition coefficient (Wildman–Crippen LogP) is 4.15. The maximum atomic E-state index is 5.70. The summed E-state index contributed by atoms with van der Waals surface area (Å²) in [6, 6.07) is 13.3. The zero-order valence-corrected chi connectivity index (χ0v) is 11.3. The third-order valence-corrected chi connectivity index (χ3v) is 3.27. The summed E-state index contributed by atoms with van der Waals surface area (Å²) in [5.41, 5.74) is 3.23. The Labute approximate surface area is 112 Å². The molecule has 0 saturated carbocycles. The molecule has 1 aromatic heterocycles. The fourth-order valence-corrected chi connectivity index (χ4v) is 2.28. The lowest BCUT2D eigenvalue weighted by Gasteiger charge is -2.03. The van der Waals surface area contributed by atoms with Crippen LogP contribution >= 0.6 is 0 Å². The minimum absolute atomic E-state index is 0.552. The third-order valence-electron chi connectivity index (χ3n) is 3.27. The number of hydrogen-bond acceptors (Lipinski definition) is 3. The first-order valence-corrected chi connectivity index (χ1v) is 6.33. The molecular formula is C16H16N2O. The van der Waals surface area contributed by atoms with Crippen molar-refractivity contribution in [1.29, 1.82) is 0 Å². The number of nitrogens with zero attached hydrogens (tertiary/aromatic N) is 1. The second-order valence-electron chi connectivity index (χ2n) is 4.75. The molecule has 0 saturated heterocycles. The van der Waals surface area contributed by atoms with E-state index in [0.29, 0.717) is 6.01 Å². The van der Waals surface area contributed by atoms with E-state index >= 15 is 0 Å². The van der Waals surface area contributed by atoms with Crippen LogP contribution in [0.2, 0.25) is 0 Å². The molecule has 0 radical (unpaired) electrons. The quantitative estimate of drug-likeness (QED) is 0.744. The molecule has 96 valence electrons. The maximum absolute atomic E-state index is 5.70. The normalized spacial score (nSPS) is 10.9. The molecule has 0 aliphatic heterocycles. The lowest BCUT2D eigenvalue weighted by molar-refractivity contribution is 0.589. The van der Waals surface area contributed by atoms with Crippen LogP contribution in [-0.2, 0) is 0 Å². The topological polar surface area (TPSA) is 38.1 Å². The van der Waals surface area contributed by atoms with Crippen LogP contribution in [0.3, 0.4) is 0 Å². The molecule has 3 aromatic rings. The van der Waals surface area contributed by atoms with Gasteiger partial charge in [0.2, 0.25) is 0 Å². The first-order chi connectivity index (χ1) is 9.17. The van der Waals surface area contributed by atoms with Crippen LogP contribution in [0.15, 0.2) is 40.8 Å². The van der Waals surface area contributed by atoms with E-state index in [1.807, 2.05) is 6.92 Å². The summed E-state index contributed by atoms with van der Waals surface area (Å²) in [5, 5.41) is 5.38. The van der Waals surface area contributed by atoms with Crippen LogP contribution in [0, 0.1) is 13.8 Å². The van der Waals surface area contributed by atoms with Gasteiger partial charge in [0.05, 0.1) is 5.69 Å². The van der Waals surface area contributed by atoms with Crippen LogP contribution in [-0.4, -0.2) is 12.0 Å². The average molecular weight is 252 g/mol. The molecule has 0 atom stereocenters. The zero-order valence-electron chi connectivity index (χ0n) is 11.3. The molecule has 2 aromatic carbocycles. The molecule has 19 heavy (non-hydrogen) atoms. The number of rotatable bonds is 2. The van der Waals surface area contributed by atoms with Crippen LogP contribution in [0.1, 0.15) is 11.3 Å².